The molecule has 7 aromatic rings. The first kappa shape index (κ1) is 26.2. The maximum Gasteiger partial charge on any atom is 0.0991 e. The summed E-state index contributed by atoms with van der Waals surface area (Å²) in [6, 6.07) is 49.8. The molecule has 0 radical (unpaired) electrons. The average Bonchev–Trinajstić information content (AvgIpc) is 3.07. The van der Waals surface area contributed by atoms with Gasteiger partial charge in [-0.2, -0.15) is 5.26 Å². The van der Waals surface area contributed by atoms with E-state index in [1.54, 1.807) is 0 Å². The summed E-state index contributed by atoms with van der Waals surface area (Å²) in [4.78, 5) is 0. The van der Waals surface area contributed by atoms with Crippen LogP contribution in [0.4, 0.5) is 0 Å². The Hall–Kier alpha value is -5.71. The van der Waals surface area contributed by atoms with E-state index in [-0.39, 0.29) is 0 Å². The smallest absolute Gasteiger partial charge is 0.0991 e. The largest absolute Gasteiger partial charge is 0.192 e. The van der Waals surface area contributed by atoms with Gasteiger partial charge in [-0.15, -0.1) is 0 Å². The second kappa shape index (κ2) is 11.3. The van der Waals surface area contributed by atoms with Crippen molar-refractivity contribution >= 4 is 38.4 Å². The third-order valence-corrected chi connectivity index (χ3v) is 8.19. The second-order valence-corrected chi connectivity index (χ2v) is 10.9. The van der Waals surface area contributed by atoms with Crippen LogP contribution in [-0.2, 0) is 0 Å². The molecule has 0 bridgehead atoms. The highest BCUT2D eigenvalue weighted by molar-refractivity contribution is 6.12. The Morgan fingerprint density at radius 1 is 0.488 bits per heavy atom. The van der Waals surface area contributed by atoms with E-state index in [9.17, 15) is 0 Å². The van der Waals surface area contributed by atoms with Crippen LogP contribution in [0.3, 0.4) is 0 Å². The maximum absolute atomic E-state index is 9.07. The van der Waals surface area contributed by atoms with Gasteiger partial charge in [-0.1, -0.05) is 121 Å². The van der Waals surface area contributed by atoms with Crippen molar-refractivity contribution in [3.8, 4) is 39.4 Å². The molecule has 7 aromatic carbocycles. The summed E-state index contributed by atoms with van der Waals surface area (Å²) in [5.74, 6) is 0. The Bertz CT molecular complexity index is 2220. The van der Waals surface area contributed by atoms with Gasteiger partial charge in [-0.3, -0.25) is 0 Å². The summed E-state index contributed by atoms with van der Waals surface area (Å²) >= 11 is 0. The lowest BCUT2D eigenvalue weighted by molar-refractivity contribution is 1.48. The monoisotopic (exact) mass is 547 g/mol. The molecule has 1 heteroatoms. The first-order valence-electron chi connectivity index (χ1n) is 14.6. The van der Waals surface area contributed by atoms with Gasteiger partial charge in [0.15, 0.2) is 0 Å². The molecule has 0 amide bonds. The molecule has 202 valence electrons. The van der Waals surface area contributed by atoms with E-state index >= 15 is 0 Å². The van der Waals surface area contributed by atoms with Crippen LogP contribution in [-0.4, -0.2) is 0 Å². The van der Waals surface area contributed by atoms with Crippen molar-refractivity contribution in [1.29, 1.82) is 5.26 Å². The number of nitriles is 1. The van der Waals surface area contributed by atoms with E-state index in [0.29, 0.717) is 5.56 Å². The lowest BCUT2D eigenvalue weighted by Crippen LogP contribution is -1.87. The molecule has 1 nitrogen and oxygen atoms in total. The molecular weight excluding hydrogens is 518 g/mol. The van der Waals surface area contributed by atoms with Crippen molar-refractivity contribution in [2.75, 3.05) is 0 Å². The highest BCUT2D eigenvalue weighted by Crippen LogP contribution is 2.35. The molecule has 0 fully saturated rings. The van der Waals surface area contributed by atoms with Crippen LogP contribution < -0.4 is 0 Å². The third-order valence-electron chi connectivity index (χ3n) is 8.19. The van der Waals surface area contributed by atoms with E-state index < -0.39 is 0 Å². The molecule has 43 heavy (non-hydrogen) atoms. The molecule has 0 N–H and O–H groups in total. The number of rotatable bonds is 5. The minimum absolute atomic E-state index is 0.676. The molecule has 0 spiro atoms. The van der Waals surface area contributed by atoms with Crippen molar-refractivity contribution in [3.05, 3.63) is 163 Å². The Balaban J connectivity index is 1.24. The molecule has 0 saturated heterocycles. The molecule has 0 unspecified atom stereocenters. The summed E-state index contributed by atoms with van der Waals surface area (Å²) < 4.78 is 0. The van der Waals surface area contributed by atoms with Gasteiger partial charge in [0, 0.05) is 0 Å². The Kier molecular flexibility index (Phi) is 6.88. The van der Waals surface area contributed by atoms with Gasteiger partial charge in [0.25, 0.3) is 0 Å². The molecule has 0 aliphatic carbocycles. The maximum atomic E-state index is 9.07. The molecule has 0 aliphatic rings. The van der Waals surface area contributed by atoms with E-state index in [1.165, 1.54) is 60.1 Å². The minimum Gasteiger partial charge on any atom is -0.192 e. The quantitative estimate of drug-likeness (QED) is 0.155. The fourth-order valence-electron chi connectivity index (χ4n) is 5.95. The molecule has 0 atom stereocenters. The predicted octanol–water partition coefficient (Wildman–Crippen LogP) is 11.6. The second-order valence-electron chi connectivity index (χ2n) is 10.9. The fraction of sp³-hybridized carbons (Fsp3) is 0.0238. The van der Waals surface area contributed by atoms with E-state index in [2.05, 4.69) is 140 Å². The van der Waals surface area contributed by atoms with E-state index in [1.807, 2.05) is 31.2 Å². The summed E-state index contributed by atoms with van der Waals surface area (Å²) in [5, 5.41) is 16.6. The molecule has 0 saturated carbocycles. The van der Waals surface area contributed by atoms with Crippen LogP contribution in [0.5, 0.6) is 0 Å². The first-order valence-corrected chi connectivity index (χ1v) is 14.6. The normalized spacial score (nSPS) is 11.6. The van der Waals surface area contributed by atoms with Gasteiger partial charge in [-0.05, 0) is 115 Å². The van der Waals surface area contributed by atoms with Gasteiger partial charge in [0.2, 0.25) is 0 Å². The van der Waals surface area contributed by atoms with Crippen molar-refractivity contribution in [2.45, 2.75) is 6.92 Å². The third kappa shape index (κ3) is 5.12. The number of allylic oxidation sites excluding steroid dienone is 3. The number of nitrogens with zero attached hydrogens (tertiary/aromatic N) is 1. The van der Waals surface area contributed by atoms with E-state index in [0.717, 1.165) is 11.1 Å². The fourth-order valence-corrected chi connectivity index (χ4v) is 5.95. The zero-order valence-corrected chi connectivity index (χ0v) is 24.0. The minimum atomic E-state index is 0.676. The van der Waals surface area contributed by atoms with Crippen LogP contribution in [0.1, 0.15) is 18.1 Å². The summed E-state index contributed by atoms with van der Waals surface area (Å²) in [6.45, 7) is 2.04. The van der Waals surface area contributed by atoms with Crippen molar-refractivity contribution in [2.24, 2.45) is 0 Å². The standard InChI is InChI=1S/C42H29N/c1-2-3-4-8-38-26-40(27-39-23-18-33-7-5-6-9-41(33)42(38)39)37-22-21-35-24-34(19-20-36(35)25-37)32-16-14-31(15-17-32)30-12-10-29(28-43)11-13-30/h2-27H,1H3/b3-2-,8-4-. The van der Waals surface area contributed by atoms with Crippen LogP contribution in [0.15, 0.2) is 152 Å². The van der Waals surface area contributed by atoms with E-state index in [4.69, 9.17) is 5.26 Å². The Labute approximate surface area is 252 Å². The van der Waals surface area contributed by atoms with Crippen molar-refractivity contribution in [3.63, 3.8) is 0 Å². The summed E-state index contributed by atoms with van der Waals surface area (Å²) in [6.07, 6.45) is 8.48. The molecule has 7 rings (SSSR count). The first-order chi connectivity index (χ1) is 21.2. The van der Waals surface area contributed by atoms with Gasteiger partial charge < -0.3 is 0 Å². The number of benzene rings is 7. The van der Waals surface area contributed by atoms with Crippen LogP contribution in [0.25, 0.3) is 71.8 Å². The zero-order valence-electron chi connectivity index (χ0n) is 24.0. The summed E-state index contributed by atoms with van der Waals surface area (Å²) in [7, 11) is 0. The van der Waals surface area contributed by atoms with Crippen molar-refractivity contribution in [1.82, 2.24) is 0 Å². The van der Waals surface area contributed by atoms with Gasteiger partial charge in [0.1, 0.15) is 0 Å². The van der Waals surface area contributed by atoms with Crippen molar-refractivity contribution < 1.29 is 0 Å². The van der Waals surface area contributed by atoms with Crippen LogP contribution in [0, 0.1) is 11.3 Å². The summed E-state index contributed by atoms with van der Waals surface area (Å²) in [5.41, 5.74) is 8.96. The van der Waals surface area contributed by atoms with Crippen LogP contribution in [0.2, 0.25) is 0 Å². The number of fused-ring (bicyclic) bond motifs is 4. The highest BCUT2D eigenvalue weighted by atomic mass is 14.2. The molecule has 0 heterocycles. The predicted molar refractivity (Wildman–Crippen MR) is 184 cm³/mol. The Morgan fingerprint density at radius 2 is 1.02 bits per heavy atom. The lowest BCUT2D eigenvalue weighted by atomic mass is 9.92. The van der Waals surface area contributed by atoms with Gasteiger partial charge in [-0.25, -0.2) is 0 Å². The Morgan fingerprint density at radius 3 is 1.70 bits per heavy atom. The molecule has 0 aromatic heterocycles. The van der Waals surface area contributed by atoms with Crippen LogP contribution >= 0.6 is 0 Å². The molecular formula is C42H29N. The zero-order chi connectivity index (χ0) is 29.2. The number of hydrogen-bond acceptors (Lipinski definition) is 1. The van der Waals surface area contributed by atoms with Gasteiger partial charge >= 0.3 is 0 Å². The average molecular weight is 548 g/mol. The lowest BCUT2D eigenvalue weighted by Gasteiger charge is -2.12. The number of hydrogen-bond donors (Lipinski definition) is 0. The highest BCUT2D eigenvalue weighted by Gasteiger charge is 2.10. The SMILES string of the molecule is C/C=C\C=C/c1cc(-c2ccc3cc(-c4ccc(-c5ccc(C#N)cc5)cc4)ccc3c2)cc2ccc3ccccc3c12. The van der Waals surface area contributed by atoms with Gasteiger partial charge in [0.05, 0.1) is 11.6 Å². The topological polar surface area (TPSA) is 23.8 Å². The molecule has 0 aliphatic heterocycles.